The van der Waals surface area contributed by atoms with E-state index in [9.17, 15) is 4.79 Å². The van der Waals surface area contributed by atoms with E-state index in [-0.39, 0.29) is 5.91 Å². The first-order valence-electron chi connectivity index (χ1n) is 11.1. The van der Waals surface area contributed by atoms with Crippen LogP contribution in [0.15, 0.2) is 42.5 Å². The summed E-state index contributed by atoms with van der Waals surface area (Å²) in [7, 11) is 1.65. The number of methoxy groups -OCH3 is 1. The number of hydrazine groups is 1. The molecule has 5 nitrogen and oxygen atoms in total. The van der Waals surface area contributed by atoms with E-state index in [1.807, 2.05) is 41.4 Å². The molecular formula is C25H24Cl2IN3O2. The Morgan fingerprint density at radius 2 is 1.70 bits per heavy atom. The van der Waals surface area contributed by atoms with Crippen molar-refractivity contribution in [2.45, 2.75) is 25.7 Å². The molecule has 33 heavy (non-hydrogen) atoms. The van der Waals surface area contributed by atoms with Gasteiger partial charge in [-0.2, -0.15) is 0 Å². The van der Waals surface area contributed by atoms with Crippen LogP contribution >= 0.6 is 45.8 Å². The number of benzene rings is 2. The van der Waals surface area contributed by atoms with Crippen molar-refractivity contribution in [1.82, 2.24) is 14.6 Å². The summed E-state index contributed by atoms with van der Waals surface area (Å²) >= 11 is 15.2. The van der Waals surface area contributed by atoms with Gasteiger partial charge in [-0.05, 0) is 83.5 Å². The van der Waals surface area contributed by atoms with Crippen molar-refractivity contribution in [3.8, 4) is 22.7 Å². The van der Waals surface area contributed by atoms with Gasteiger partial charge in [0.1, 0.15) is 5.75 Å². The van der Waals surface area contributed by atoms with Crippen LogP contribution in [0.25, 0.3) is 16.9 Å². The maximum absolute atomic E-state index is 13.8. The van der Waals surface area contributed by atoms with Gasteiger partial charge in [-0.15, -0.1) is 0 Å². The summed E-state index contributed by atoms with van der Waals surface area (Å²) < 4.78 is 8.43. The lowest BCUT2D eigenvalue weighted by Gasteiger charge is -2.39. The lowest BCUT2D eigenvalue weighted by atomic mass is 10.1. The van der Waals surface area contributed by atoms with E-state index in [1.54, 1.807) is 13.2 Å². The minimum Gasteiger partial charge on any atom is -0.497 e. The third-order valence-electron chi connectivity index (χ3n) is 6.41. The van der Waals surface area contributed by atoms with Crippen molar-refractivity contribution < 1.29 is 9.53 Å². The Kier molecular flexibility index (Phi) is 6.62. The Balaban J connectivity index is 1.69. The van der Waals surface area contributed by atoms with Crippen LogP contribution in [0.1, 0.15) is 35.3 Å². The maximum Gasteiger partial charge on any atom is 0.271 e. The maximum atomic E-state index is 13.8. The molecule has 1 fully saturated rings. The number of hydrogen-bond acceptors (Lipinski definition) is 3. The smallest absolute Gasteiger partial charge is 0.271 e. The van der Waals surface area contributed by atoms with Crippen molar-refractivity contribution >= 4 is 51.7 Å². The first-order chi connectivity index (χ1) is 16.0. The van der Waals surface area contributed by atoms with Crippen molar-refractivity contribution in [3.05, 3.63) is 67.3 Å². The molecule has 1 aromatic heterocycles. The molecule has 0 radical (unpaired) electrons. The fourth-order valence-corrected chi connectivity index (χ4v) is 6.40. The van der Waals surface area contributed by atoms with Crippen molar-refractivity contribution in [2.75, 3.05) is 26.7 Å². The predicted molar refractivity (Wildman–Crippen MR) is 141 cm³/mol. The van der Waals surface area contributed by atoms with E-state index in [1.165, 1.54) is 6.42 Å². The number of aromatic nitrogens is 1. The van der Waals surface area contributed by atoms with Crippen LogP contribution in [-0.2, 0) is 6.42 Å². The minimum absolute atomic E-state index is 0.0705. The zero-order chi connectivity index (χ0) is 23.1. The van der Waals surface area contributed by atoms with Gasteiger partial charge < -0.3 is 9.30 Å². The third kappa shape index (κ3) is 4.16. The molecule has 1 amide bonds. The van der Waals surface area contributed by atoms with E-state index >= 15 is 0 Å². The second-order valence-electron chi connectivity index (χ2n) is 8.34. The Bertz CT molecular complexity index is 1200. The summed E-state index contributed by atoms with van der Waals surface area (Å²) in [5.41, 5.74) is 4.54. The van der Waals surface area contributed by atoms with Gasteiger partial charge in [-0.1, -0.05) is 29.6 Å². The van der Waals surface area contributed by atoms with Crippen LogP contribution in [0.2, 0.25) is 10.0 Å². The highest BCUT2D eigenvalue weighted by Crippen LogP contribution is 2.41. The SMILES string of the molecule is COc1ccc(-c2c(I)c3c(n2-c2ccc(Cl)cc2Cl)CCN(N2CCCCC2)C3=O)cc1. The fourth-order valence-electron chi connectivity index (χ4n) is 4.81. The quantitative estimate of drug-likeness (QED) is 0.325. The number of carbonyl (C=O) groups is 1. The number of ether oxygens (including phenoxy) is 1. The summed E-state index contributed by atoms with van der Waals surface area (Å²) in [5.74, 6) is 0.856. The van der Waals surface area contributed by atoms with E-state index in [2.05, 4.69) is 32.2 Å². The molecule has 0 bridgehead atoms. The molecule has 8 heteroatoms. The third-order valence-corrected chi connectivity index (χ3v) is 7.99. The molecule has 0 saturated carbocycles. The number of rotatable bonds is 4. The standard InChI is InChI=1S/C25H24Cl2IN3O2/c1-33-18-8-5-16(6-9-18)24-23(28)22-21(31(24)20-10-7-17(26)15-19(20)27)11-14-30(25(22)32)29-12-3-2-4-13-29/h5-10,15H,2-4,11-14H2,1H3. The zero-order valence-corrected chi connectivity index (χ0v) is 22.0. The monoisotopic (exact) mass is 595 g/mol. The molecule has 172 valence electrons. The minimum atomic E-state index is 0.0705. The van der Waals surface area contributed by atoms with Gasteiger partial charge in [-0.3, -0.25) is 9.80 Å². The molecule has 0 aliphatic carbocycles. The van der Waals surface area contributed by atoms with Crippen LogP contribution < -0.4 is 4.74 Å². The summed E-state index contributed by atoms with van der Waals surface area (Å²) in [6.45, 7) is 2.54. The van der Waals surface area contributed by atoms with Gasteiger partial charge in [-0.25, -0.2) is 5.01 Å². The summed E-state index contributed by atoms with van der Waals surface area (Å²) in [4.78, 5) is 13.8. The van der Waals surface area contributed by atoms with E-state index in [4.69, 9.17) is 27.9 Å². The van der Waals surface area contributed by atoms with E-state index < -0.39 is 0 Å². The van der Waals surface area contributed by atoms with Crippen LogP contribution in [0.3, 0.4) is 0 Å². The highest BCUT2D eigenvalue weighted by atomic mass is 127. The Morgan fingerprint density at radius 3 is 2.36 bits per heavy atom. The Morgan fingerprint density at radius 1 is 0.970 bits per heavy atom. The van der Waals surface area contributed by atoms with Gasteiger partial charge in [0.05, 0.1) is 32.6 Å². The van der Waals surface area contributed by atoms with Gasteiger partial charge >= 0.3 is 0 Å². The van der Waals surface area contributed by atoms with Crippen LogP contribution in [0.5, 0.6) is 5.75 Å². The van der Waals surface area contributed by atoms with Crippen molar-refractivity contribution in [3.63, 3.8) is 0 Å². The molecule has 0 atom stereocenters. The molecule has 2 aliphatic heterocycles. The molecule has 0 spiro atoms. The molecule has 2 aliphatic rings. The number of fused-ring (bicyclic) bond motifs is 1. The molecule has 3 aromatic rings. The largest absolute Gasteiger partial charge is 0.497 e. The number of hydrogen-bond donors (Lipinski definition) is 0. The summed E-state index contributed by atoms with van der Waals surface area (Å²) in [5, 5.41) is 5.31. The first-order valence-corrected chi connectivity index (χ1v) is 12.9. The fraction of sp³-hybridized carbons (Fsp3) is 0.320. The Hall–Kier alpha value is -1.74. The van der Waals surface area contributed by atoms with Crippen LogP contribution in [-0.4, -0.2) is 47.2 Å². The predicted octanol–water partition coefficient (Wildman–Crippen LogP) is 6.46. The molecule has 0 unspecified atom stereocenters. The number of amides is 1. The van der Waals surface area contributed by atoms with Crippen LogP contribution in [0.4, 0.5) is 0 Å². The highest BCUT2D eigenvalue weighted by Gasteiger charge is 2.36. The van der Waals surface area contributed by atoms with Crippen molar-refractivity contribution in [1.29, 1.82) is 0 Å². The van der Waals surface area contributed by atoms with E-state index in [0.717, 1.165) is 69.9 Å². The lowest BCUT2D eigenvalue weighted by Crippen LogP contribution is -2.51. The average Bonchev–Trinajstić information content (AvgIpc) is 3.12. The number of halogens is 3. The zero-order valence-electron chi connectivity index (χ0n) is 18.3. The number of nitrogens with zero attached hydrogens (tertiary/aromatic N) is 3. The highest BCUT2D eigenvalue weighted by molar-refractivity contribution is 14.1. The lowest BCUT2D eigenvalue weighted by molar-refractivity contribution is -0.0238. The van der Waals surface area contributed by atoms with Crippen LogP contribution in [0, 0.1) is 3.57 Å². The molecule has 2 aromatic carbocycles. The molecule has 0 N–H and O–H groups in total. The molecular weight excluding hydrogens is 572 g/mol. The Labute approximate surface area is 217 Å². The van der Waals surface area contributed by atoms with Gasteiger partial charge in [0.25, 0.3) is 5.91 Å². The second-order valence-corrected chi connectivity index (χ2v) is 10.3. The number of carbonyl (C=O) groups excluding carboxylic acids is 1. The van der Waals surface area contributed by atoms with Crippen molar-refractivity contribution in [2.24, 2.45) is 0 Å². The molecule has 1 saturated heterocycles. The normalized spacial score (nSPS) is 16.7. The topological polar surface area (TPSA) is 37.7 Å². The van der Waals surface area contributed by atoms with E-state index in [0.29, 0.717) is 16.6 Å². The molecule has 3 heterocycles. The molecule has 5 rings (SSSR count). The second kappa shape index (κ2) is 9.49. The van der Waals surface area contributed by atoms with Gasteiger partial charge in [0.2, 0.25) is 0 Å². The number of piperidine rings is 1. The summed E-state index contributed by atoms with van der Waals surface area (Å²) in [6.07, 6.45) is 4.25. The summed E-state index contributed by atoms with van der Waals surface area (Å²) in [6, 6.07) is 13.4. The van der Waals surface area contributed by atoms with Gasteiger partial charge in [0.15, 0.2) is 0 Å². The van der Waals surface area contributed by atoms with Gasteiger partial charge in [0, 0.05) is 36.8 Å². The first kappa shape index (κ1) is 23.0. The average molecular weight is 596 g/mol.